The van der Waals surface area contributed by atoms with E-state index in [1.807, 2.05) is 25.1 Å². The third-order valence-electron chi connectivity index (χ3n) is 6.19. The second-order valence-electron chi connectivity index (χ2n) is 10.2. The molecule has 0 spiro atoms. The Morgan fingerprint density at radius 3 is 2.29 bits per heavy atom. The number of nitrogens with zero attached hydrogens (tertiary/aromatic N) is 1. The molecule has 1 atom stereocenters. The van der Waals surface area contributed by atoms with E-state index in [0.717, 1.165) is 29.7 Å². The highest BCUT2D eigenvalue weighted by Gasteiger charge is 2.25. The van der Waals surface area contributed by atoms with Gasteiger partial charge in [0.1, 0.15) is 18.2 Å². The molecule has 0 saturated carbocycles. The summed E-state index contributed by atoms with van der Waals surface area (Å²) in [5, 5.41) is 0. The maximum absolute atomic E-state index is 12.5. The van der Waals surface area contributed by atoms with Crippen LogP contribution in [0.3, 0.4) is 0 Å². The molecule has 0 N–H and O–H groups in total. The highest BCUT2D eigenvalue weighted by Crippen LogP contribution is 2.21. The average Bonchev–Trinajstić information content (AvgIpc) is 2.81. The van der Waals surface area contributed by atoms with E-state index in [4.69, 9.17) is 9.47 Å². The molecule has 4 heteroatoms. The minimum Gasteiger partial charge on any atom is -0.493 e. The molecule has 0 bridgehead atoms. The first kappa shape index (κ1) is 27.9. The van der Waals surface area contributed by atoms with E-state index in [0.29, 0.717) is 19.6 Å². The first-order valence-electron chi connectivity index (χ1n) is 13.1. The summed E-state index contributed by atoms with van der Waals surface area (Å²) in [5.41, 5.74) is 2.56. The molecule has 4 nitrogen and oxygen atoms in total. The SMILES string of the molecule is CCCCCCCCc1ccccc1OCCCOC(=O)C(C)C[N+](C)(C)Cc1ccccc1. The van der Waals surface area contributed by atoms with Gasteiger partial charge in [-0.1, -0.05) is 87.6 Å². The lowest BCUT2D eigenvalue weighted by Gasteiger charge is -2.31. The van der Waals surface area contributed by atoms with Gasteiger partial charge in [-0.25, -0.2) is 0 Å². The van der Waals surface area contributed by atoms with Gasteiger partial charge in [0.05, 0.1) is 33.9 Å². The molecule has 0 aromatic heterocycles. The van der Waals surface area contributed by atoms with Crippen LogP contribution < -0.4 is 4.74 Å². The topological polar surface area (TPSA) is 35.5 Å². The smallest absolute Gasteiger partial charge is 0.314 e. The fourth-order valence-corrected chi connectivity index (χ4v) is 4.46. The number of hydrogen-bond donors (Lipinski definition) is 0. The Morgan fingerprint density at radius 2 is 1.53 bits per heavy atom. The van der Waals surface area contributed by atoms with Crippen molar-refractivity contribution in [3.8, 4) is 5.75 Å². The first-order chi connectivity index (χ1) is 16.4. The summed E-state index contributed by atoms with van der Waals surface area (Å²) in [7, 11) is 4.32. The molecule has 2 rings (SSSR count). The third-order valence-corrected chi connectivity index (χ3v) is 6.19. The molecule has 0 aliphatic carbocycles. The number of hydrogen-bond acceptors (Lipinski definition) is 3. The minimum absolute atomic E-state index is 0.122. The van der Waals surface area contributed by atoms with Gasteiger partial charge in [-0.05, 0) is 31.4 Å². The fourth-order valence-electron chi connectivity index (χ4n) is 4.46. The Labute approximate surface area is 207 Å². The van der Waals surface area contributed by atoms with E-state index in [1.54, 1.807) is 0 Å². The monoisotopic (exact) mass is 468 g/mol. The average molecular weight is 469 g/mol. The van der Waals surface area contributed by atoms with Crippen LogP contribution in [-0.4, -0.2) is 44.3 Å². The number of esters is 1. The lowest BCUT2D eigenvalue weighted by Crippen LogP contribution is -2.44. The number of carbonyl (C=O) groups is 1. The van der Waals surface area contributed by atoms with E-state index in [2.05, 4.69) is 57.4 Å². The van der Waals surface area contributed by atoms with Crippen LogP contribution >= 0.6 is 0 Å². The van der Waals surface area contributed by atoms with Crippen molar-refractivity contribution in [2.24, 2.45) is 5.92 Å². The molecular weight excluding hydrogens is 422 g/mol. The van der Waals surface area contributed by atoms with Crippen molar-refractivity contribution in [1.82, 2.24) is 0 Å². The number of para-hydroxylation sites is 1. The van der Waals surface area contributed by atoms with E-state index < -0.39 is 0 Å². The van der Waals surface area contributed by atoms with Crippen molar-refractivity contribution in [3.63, 3.8) is 0 Å². The second-order valence-corrected chi connectivity index (χ2v) is 10.2. The molecule has 2 aromatic carbocycles. The molecule has 34 heavy (non-hydrogen) atoms. The Morgan fingerprint density at radius 1 is 0.853 bits per heavy atom. The molecule has 0 amide bonds. The maximum Gasteiger partial charge on any atom is 0.314 e. The Balaban J connectivity index is 1.65. The standard InChI is InChI=1S/C30H46NO3/c1-5-6-7-8-9-13-19-28-20-14-15-21-29(28)33-22-16-23-34-30(32)26(2)24-31(3,4)25-27-17-11-10-12-18-27/h10-12,14-15,17-18,20-21,26H,5-9,13,16,19,22-25H2,1-4H3/q+1. The third kappa shape index (κ3) is 11.2. The van der Waals surface area contributed by atoms with Crippen molar-refractivity contribution < 1.29 is 18.8 Å². The van der Waals surface area contributed by atoms with Crippen molar-refractivity contribution in [3.05, 3.63) is 65.7 Å². The van der Waals surface area contributed by atoms with Crippen LogP contribution in [-0.2, 0) is 22.5 Å². The van der Waals surface area contributed by atoms with Crippen LogP contribution in [0, 0.1) is 5.92 Å². The lowest BCUT2D eigenvalue weighted by molar-refractivity contribution is -0.905. The summed E-state index contributed by atoms with van der Waals surface area (Å²) < 4.78 is 12.3. The van der Waals surface area contributed by atoms with E-state index >= 15 is 0 Å². The van der Waals surface area contributed by atoms with Crippen molar-refractivity contribution in [1.29, 1.82) is 0 Å². The van der Waals surface area contributed by atoms with E-state index in [9.17, 15) is 4.79 Å². The Kier molecular flexibility index (Phi) is 12.8. The molecule has 188 valence electrons. The number of quaternary nitrogens is 1. The second kappa shape index (κ2) is 15.5. The van der Waals surface area contributed by atoms with Crippen molar-refractivity contribution in [2.45, 2.75) is 71.8 Å². The Hall–Kier alpha value is -2.33. The van der Waals surface area contributed by atoms with Crippen molar-refractivity contribution in [2.75, 3.05) is 33.9 Å². The van der Waals surface area contributed by atoms with Gasteiger partial charge in [-0.3, -0.25) is 4.79 Å². The molecule has 0 radical (unpaired) electrons. The minimum atomic E-state index is -0.141. The summed E-state index contributed by atoms with van der Waals surface area (Å²) in [6, 6.07) is 18.7. The van der Waals surface area contributed by atoms with Crippen LogP contribution in [0.5, 0.6) is 5.75 Å². The number of carbonyl (C=O) groups excluding carboxylic acids is 1. The molecule has 0 aliphatic heterocycles. The molecular formula is C30H46NO3+. The normalized spacial score (nSPS) is 12.4. The van der Waals surface area contributed by atoms with Crippen LogP contribution in [0.2, 0.25) is 0 Å². The molecule has 1 unspecified atom stereocenters. The largest absolute Gasteiger partial charge is 0.493 e. The zero-order valence-corrected chi connectivity index (χ0v) is 21.9. The number of benzene rings is 2. The van der Waals surface area contributed by atoms with Gasteiger partial charge < -0.3 is 14.0 Å². The van der Waals surface area contributed by atoms with Gasteiger partial charge in [-0.15, -0.1) is 0 Å². The van der Waals surface area contributed by atoms with Crippen molar-refractivity contribution >= 4 is 5.97 Å². The zero-order chi connectivity index (χ0) is 24.7. The van der Waals surface area contributed by atoms with Gasteiger partial charge in [0.15, 0.2) is 0 Å². The fraction of sp³-hybridized carbons (Fsp3) is 0.567. The number of unbranched alkanes of at least 4 members (excludes halogenated alkanes) is 5. The van der Waals surface area contributed by atoms with Crippen LogP contribution in [0.4, 0.5) is 0 Å². The van der Waals surface area contributed by atoms with Gasteiger partial charge >= 0.3 is 5.97 Å². The van der Waals surface area contributed by atoms with Crippen LogP contribution in [0.15, 0.2) is 54.6 Å². The zero-order valence-electron chi connectivity index (χ0n) is 21.9. The number of ether oxygens (including phenoxy) is 2. The highest BCUT2D eigenvalue weighted by atomic mass is 16.5. The summed E-state index contributed by atoms with van der Waals surface area (Å²) in [5.74, 6) is 0.705. The number of aryl methyl sites for hydroxylation is 1. The molecule has 0 heterocycles. The summed E-state index contributed by atoms with van der Waals surface area (Å²) >= 11 is 0. The lowest BCUT2D eigenvalue weighted by atomic mass is 10.0. The van der Waals surface area contributed by atoms with Gasteiger partial charge in [-0.2, -0.15) is 0 Å². The molecule has 0 fully saturated rings. The van der Waals surface area contributed by atoms with Gasteiger partial charge in [0.2, 0.25) is 0 Å². The van der Waals surface area contributed by atoms with E-state index in [1.165, 1.54) is 49.7 Å². The van der Waals surface area contributed by atoms with Gasteiger partial charge in [0, 0.05) is 12.0 Å². The predicted molar refractivity (Wildman–Crippen MR) is 141 cm³/mol. The summed E-state index contributed by atoms with van der Waals surface area (Å²) in [6.07, 6.45) is 9.54. The van der Waals surface area contributed by atoms with E-state index in [-0.39, 0.29) is 11.9 Å². The predicted octanol–water partition coefficient (Wildman–Crippen LogP) is 6.81. The quantitative estimate of drug-likeness (QED) is 0.145. The Bertz CT molecular complexity index is 819. The first-order valence-corrected chi connectivity index (χ1v) is 13.1. The molecule has 0 saturated heterocycles. The number of rotatable bonds is 17. The maximum atomic E-state index is 12.5. The highest BCUT2D eigenvalue weighted by molar-refractivity contribution is 5.72. The molecule has 0 aliphatic rings. The van der Waals surface area contributed by atoms with Crippen LogP contribution in [0.25, 0.3) is 0 Å². The summed E-state index contributed by atoms with van der Waals surface area (Å²) in [4.78, 5) is 12.5. The summed E-state index contributed by atoms with van der Waals surface area (Å²) in [6.45, 7) is 6.81. The van der Waals surface area contributed by atoms with Gasteiger partial charge in [0.25, 0.3) is 0 Å². The van der Waals surface area contributed by atoms with Crippen LogP contribution in [0.1, 0.15) is 69.9 Å². The molecule has 2 aromatic rings.